The van der Waals surface area contributed by atoms with Gasteiger partial charge in [-0.05, 0) is 18.2 Å². The molecule has 0 aliphatic carbocycles. The molecule has 0 fully saturated rings. The minimum absolute atomic E-state index is 0.404. The largest absolute Gasteiger partial charge is 0.378 e. The molecule has 2 rings (SSSR count). The third kappa shape index (κ3) is 2.95. The number of nitrogens with one attached hydrogen (secondary N) is 1. The van der Waals surface area contributed by atoms with Crippen molar-refractivity contribution in [3.05, 3.63) is 48.3 Å². The van der Waals surface area contributed by atoms with Gasteiger partial charge in [0.2, 0.25) is 5.95 Å². The summed E-state index contributed by atoms with van der Waals surface area (Å²) >= 11 is 0. The third-order valence-electron chi connectivity index (χ3n) is 2.56. The molecule has 5 nitrogen and oxygen atoms in total. The maximum absolute atomic E-state index is 10.00. The summed E-state index contributed by atoms with van der Waals surface area (Å²) in [6, 6.07) is 9.37. The molecular weight excluding hydrogens is 228 g/mol. The average Bonchev–Trinajstić information content (AvgIpc) is 2.40. The van der Waals surface area contributed by atoms with Crippen LogP contribution in [0, 0.1) is 0 Å². The fourth-order valence-electron chi connectivity index (χ4n) is 1.53. The number of rotatable bonds is 4. The summed E-state index contributed by atoms with van der Waals surface area (Å²) in [6.07, 6.45) is 2.43. The Labute approximate surface area is 106 Å². The fourth-order valence-corrected chi connectivity index (χ4v) is 1.53. The van der Waals surface area contributed by atoms with Crippen LogP contribution in [0.1, 0.15) is 11.8 Å². The molecule has 2 N–H and O–H groups in total. The van der Waals surface area contributed by atoms with E-state index in [0.29, 0.717) is 5.95 Å². The zero-order chi connectivity index (χ0) is 13.0. The summed E-state index contributed by atoms with van der Waals surface area (Å²) in [5.41, 5.74) is 1.86. The van der Waals surface area contributed by atoms with Crippen LogP contribution in [0.2, 0.25) is 0 Å². The van der Waals surface area contributed by atoms with Crippen LogP contribution in [-0.4, -0.2) is 29.2 Å². The van der Waals surface area contributed by atoms with Crippen LogP contribution < -0.4 is 10.2 Å². The number of hydrogen-bond donors (Lipinski definition) is 2. The topological polar surface area (TPSA) is 61.3 Å². The number of nitrogens with zero attached hydrogens (tertiary/aromatic N) is 3. The Morgan fingerprint density at radius 3 is 2.28 bits per heavy atom. The molecule has 0 saturated heterocycles. The Kier molecular flexibility index (Phi) is 3.74. The van der Waals surface area contributed by atoms with E-state index in [0.717, 1.165) is 11.3 Å². The highest BCUT2D eigenvalue weighted by Crippen LogP contribution is 2.18. The monoisotopic (exact) mass is 244 g/mol. The van der Waals surface area contributed by atoms with Gasteiger partial charge in [-0.3, -0.25) is 0 Å². The molecule has 0 spiro atoms. The average molecular weight is 244 g/mol. The molecule has 1 atom stereocenters. The van der Waals surface area contributed by atoms with E-state index in [2.05, 4.69) is 15.3 Å². The molecular formula is C13H16N4O. The Balaban J connectivity index is 2.07. The summed E-state index contributed by atoms with van der Waals surface area (Å²) in [5.74, 6) is 0.404. The Morgan fingerprint density at radius 2 is 1.72 bits per heavy atom. The number of anilines is 2. The summed E-state index contributed by atoms with van der Waals surface area (Å²) < 4.78 is 0. The summed E-state index contributed by atoms with van der Waals surface area (Å²) in [7, 11) is 3.95. The zero-order valence-electron chi connectivity index (χ0n) is 10.4. The zero-order valence-corrected chi connectivity index (χ0v) is 10.4. The van der Waals surface area contributed by atoms with Gasteiger partial charge in [-0.25, -0.2) is 9.97 Å². The van der Waals surface area contributed by atoms with Crippen LogP contribution in [0.25, 0.3) is 0 Å². The molecule has 0 aliphatic rings. The van der Waals surface area contributed by atoms with Crippen LogP contribution in [0.3, 0.4) is 0 Å². The highest BCUT2D eigenvalue weighted by Gasteiger charge is 2.08. The number of benzene rings is 1. The van der Waals surface area contributed by atoms with Crippen LogP contribution in [-0.2, 0) is 0 Å². The molecule has 1 heterocycles. The molecule has 0 aliphatic heterocycles. The van der Waals surface area contributed by atoms with E-state index in [9.17, 15) is 5.11 Å². The number of hydrogen-bond acceptors (Lipinski definition) is 5. The molecule has 1 aromatic heterocycles. The SMILES string of the molecule is CN(C)c1ccc([C@H](O)Nc2ncccn2)cc1. The second kappa shape index (κ2) is 5.46. The standard InChI is InChI=1S/C13H16N4O/c1-17(2)11-6-4-10(5-7-11)12(18)16-13-14-8-3-9-15-13/h3-9,12,18H,1-2H3,(H,14,15,16)/t12-/m0/s1. The Morgan fingerprint density at radius 1 is 1.11 bits per heavy atom. The van der Waals surface area contributed by atoms with Gasteiger partial charge in [0.15, 0.2) is 6.23 Å². The normalized spacial score (nSPS) is 11.9. The maximum Gasteiger partial charge on any atom is 0.224 e. The van der Waals surface area contributed by atoms with Crippen molar-refractivity contribution in [1.82, 2.24) is 9.97 Å². The predicted octanol–water partition coefficient (Wildman–Crippen LogP) is 1.65. The van der Waals surface area contributed by atoms with Gasteiger partial charge in [-0.2, -0.15) is 0 Å². The number of aliphatic hydroxyl groups excluding tert-OH is 1. The fraction of sp³-hybridized carbons (Fsp3) is 0.231. The van der Waals surface area contributed by atoms with Crippen molar-refractivity contribution in [2.75, 3.05) is 24.3 Å². The first-order valence-electron chi connectivity index (χ1n) is 5.66. The van der Waals surface area contributed by atoms with Gasteiger partial charge in [0.1, 0.15) is 0 Å². The van der Waals surface area contributed by atoms with E-state index in [-0.39, 0.29) is 0 Å². The van der Waals surface area contributed by atoms with Gasteiger partial charge in [0.05, 0.1) is 0 Å². The molecule has 0 radical (unpaired) electrons. The van der Waals surface area contributed by atoms with Crippen LogP contribution in [0.5, 0.6) is 0 Å². The van der Waals surface area contributed by atoms with Crippen molar-refractivity contribution in [3.63, 3.8) is 0 Å². The lowest BCUT2D eigenvalue weighted by Crippen LogP contribution is -2.12. The van der Waals surface area contributed by atoms with Crippen molar-refractivity contribution >= 4 is 11.6 Å². The lowest BCUT2D eigenvalue weighted by Gasteiger charge is -2.16. The Bertz CT molecular complexity index is 484. The second-order valence-corrected chi connectivity index (χ2v) is 4.11. The quantitative estimate of drug-likeness (QED) is 0.801. The van der Waals surface area contributed by atoms with Gasteiger partial charge >= 0.3 is 0 Å². The summed E-state index contributed by atoms with van der Waals surface area (Å²) in [4.78, 5) is 10.0. The Hall–Kier alpha value is -2.14. The first-order chi connectivity index (χ1) is 8.66. The first-order valence-corrected chi connectivity index (χ1v) is 5.66. The molecule has 0 saturated carbocycles. The third-order valence-corrected chi connectivity index (χ3v) is 2.56. The highest BCUT2D eigenvalue weighted by molar-refractivity contribution is 5.47. The van der Waals surface area contributed by atoms with Crippen molar-refractivity contribution in [2.45, 2.75) is 6.23 Å². The minimum Gasteiger partial charge on any atom is -0.378 e. The molecule has 18 heavy (non-hydrogen) atoms. The first kappa shape index (κ1) is 12.3. The van der Waals surface area contributed by atoms with Crippen molar-refractivity contribution in [2.24, 2.45) is 0 Å². The van der Waals surface area contributed by atoms with Gasteiger partial charge in [-0.1, -0.05) is 12.1 Å². The van der Waals surface area contributed by atoms with E-state index in [1.807, 2.05) is 43.3 Å². The lowest BCUT2D eigenvalue weighted by molar-refractivity contribution is 0.207. The molecule has 0 bridgehead atoms. The second-order valence-electron chi connectivity index (χ2n) is 4.11. The van der Waals surface area contributed by atoms with E-state index >= 15 is 0 Å². The van der Waals surface area contributed by atoms with Gasteiger partial charge in [0, 0.05) is 37.7 Å². The molecule has 94 valence electrons. The van der Waals surface area contributed by atoms with Gasteiger partial charge in [-0.15, -0.1) is 0 Å². The molecule has 0 amide bonds. The van der Waals surface area contributed by atoms with E-state index in [4.69, 9.17) is 0 Å². The number of aliphatic hydroxyl groups is 1. The maximum atomic E-state index is 10.00. The highest BCUT2D eigenvalue weighted by atomic mass is 16.3. The molecule has 5 heteroatoms. The van der Waals surface area contributed by atoms with E-state index in [1.165, 1.54) is 0 Å². The smallest absolute Gasteiger partial charge is 0.224 e. The lowest BCUT2D eigenvalue weighted by atomic mass is 10.2. The van der Waals surface area contributed by atoms with Crippen LogP contribution in [0.4, 0.5) is 11.6 Å². The van der Waals surface area contributed by atoms with Gasteiger partial charge in [0.25, 0.3) is 0 Å². The van der Waals surface area contributed by atoms with Crippen LogP contribution in [0.15, 0.2) is 42.7 Å². The number of aromatic nitrogens is 2. The van der Waals surface area contributed by atoms with Crippen LogP contribution >= 0.6 is 0 Å². The van der Waals surface area contributed by atoms with Crippen molar-refractivity contribution in [1.29, 1.82) is 0 Å². The minimum atomic E-state index is -0.816. The molecule has 1 aromatic carbocycles. The van der Waals surface area contributed by atoms with E-state index < -0.39 is 6.23 Å². The van der Waals surface area contributed by atoms with Gasteiger partial charge < -0.3 is 15.3 Å². The molecule has 0 unspecified atom stereocenters. The predicted molar refractivity (Wildman–Crippen MR) is 71.4 cm³/mol. The van der Waals surface area contributed by atoms with Crippen molar-refractivity contribution in [3.8, 4) is 0 Å². The van der Waals surface area contributed by atoms with Crippen molar-refractivity contribution < 1.29 is 5.11 Å². The summed E-state index contributed by atoms with van der Waals surface area (Å²) in [5, 5.41) is 12.8. The summed E-state index contributed by atoms with van der Waals surface area (Å²) in [6.45, 7) is 0. The van der Waals surface area contributed by atoms with E-state index in [1.54, 1.807) is 18.5 Å². The molecule has 2 aromatic rings.